The lowest BCUT2D eigenvalue weighted by molar-refractivity contribution is -0.175. The van der Waals surface area contributed by atoms with E-state index in [0.717, 1.165) is 6.42 Å². The maximum absolute atomic E-state index is 12.8. The zero-order valence-electron chi connectivity index (χ0n) is 19.2. The number of carbonyl (C=O) groups excluding carboxylic acids is 4. The highest BCUT2D eigenvalue weighted by Gasteiger charge is 2.42. The smallest absolute Gasteiger partial charge is 0.356 e. The van der Waals surface area contributed by atoms with E-state index in [2.05, 4.69) is 16.0 Å². The van der Waals surface area contributed by atoms with Crippen molar-refractivity contribution in [2.75, 3.05) is 6.54 Å². The number of alkyl halides is 3. The molecule has 0 saturated carbocycles. The zero-order chi connectivity index (χ0) is 25.3. The lowest BCUT2D eigenvalue weighted by Crippen LogP contribution is -2.58. The van der Waals surface area contributed by atoms with Crippen LogP contribution in [-0.4, -0.2) is 54.5 Å². The van der Waals surface area contributed by atoms with Gasteiger partial charge in [0.1, 0.15) is 18.1 Å². The third-order valence-electron chi connectivity index (χ3n) is 5.23. The van der Waals surface area contributed by atoms with Crippen LogP contribution >= 0.6 is 0 Å². The Morgan fingerprint density at radius 2 is 1.76 bits per heavy atom. The molecule has 0 aromatic rings. The van der Waals surface area contributed by atoms with Gasteiger partial charge in [-0.2, -0.15) is 18.4 Å². The summed E-state index contributed by atoms with van der Waals surface area (Å²) in [6.07, 6.45) is -3.56. The maximum atomic E-state index is 12.8. The molecule has 4 N–H and O–H groups in total. The molecule has 0 spiro atoms. The van der Waals surface area contributed by atoms with Gasteiger partial charge in [-0.25, -0.2) is 0 Å². The van der Waals surface area contributed by atoms with Gasteiger partial charge in [-0.3, -0.25) is 19.2 Å². The lowest BCUT2D eigenvalue weighted by Gasteiger charge is -2.28. The van der Waals surface area contributed by atoms with E-state index in [-0.39, 0.29) is 24.7 Å². The average molecular weight is 476 g/mol. The molecule has 186 valence electrons. The summed E-state index contributed by atoms with van der Waals surface area (Å²) in [6.45, 7) is 7.04. The summed E-state index contributed by atoms with van der Waals surface area (Å²) in [5.41, 5.74) is 0. The van der Waals surface area contributed by atoms with Gasteiger partial charge in [-0.15, -0.1) is 0 Å². The Labute approximate surface area is 191 Å². The summed E-state index contributed by atoms with van der Waals surface area (Å²) >= 11 is 0. The quantitative estimate of drug-likeness (QED) is 0.375. The second kappa shape index (κ2) is 12.4. The van der Waals surface area contributed by atoms with Crippen LogP contribution in [0.1, 0.15) is 53.4 Å². The Morgan fingerprint density at radius 1 is 1.12 bits per heavy atom. The van der Waals surface area contributed by atoms with Crippen LogP contribution in [0.2, 0.25) is 0 Å². The fourth-order valence-electron chi connectivity index (χ4n) is 3.48. The minimum atomic E-state index is -5.16. The van der Waals surface area contributed by atoms with Crippen molar-refractivity contribution in [2.45, 2.75) is 77.7 Å². The van der Waals surface area contributed by atoms with E-state index in [4.69, 9.17) is 0 Å². The van der Waals surface area contributed by atoms with Gasteiger partial charge in [0.2, 0.25) is 17.7 Å². The van der Waals surface area contributed by atoms with E-state index < -0.39 is 53.9 Å². The van der Waals surface area contributed by atoms with E-state index >= 15 is 0 Å². The summed E-state index contributed by atoms with van der Waals surface area (Å²) in [6, 6.07) is -1.70. The Hall–Kier alpha value is -2.84. The van der Waals surface area contributed by atoms with Gasteiger partial charge in [0.15, 0.2) is 0 Å². The standard InChI is InChI=1S/C21H32F3N5O4/c1-11(2)8-15(28-19(32)16(12(3)4)29-20(33)21(22,23)24)18(31)27-14(10-25)9-13-6-5-7-26-17(13)30/h11-16H,5-9H2,1-4H3,(H,26,30)(H,27,31)(H,28,32)(H,29,33)/t13-,14-,15-,16-/m0/s1. The number of hydrogen-bond donors (Lipinski definition) is 4. The number of piperidine rings is 1. The predicted octanol–water partition coefficient (Wildman–Crippen LogP) is 1.15. The Balaban J connectivity index is 2.90. The summed E-state index contributed by atoms with van der Waals surface area (Å²) < 4.78 is 37.9. The third-order valence-corrected chi connectivity index (χ3v) is 5.23. The number of amides is 4. The van der Waals surface area contributed by atoms with Crippen molar-refractivity contribution >= 4 is 23.6 Å². The van der Waals surface area contributed by atoms with Gasteiger partial charge in [0.25, 0.3) is 0 Å². The lowest BCUT2D eigenvalue weighted by atomic mass is 9.91. The molecule has 0 radical (unpaired) electrons. The molecule has 0 unspecified atom stereocenters. The molecule has 12 heteroatoms. The monoisotopic (exact) mass is 475 g/mol. The van der Waals surface area contributed by atoms with Crippen molar-refractivity contribution in [3.05, 3.63) is 0 Å². The van der Waals surface area contributed by atoms with Crippen molar-refractivity contribution in [1.29, 1.82) is 5.26 Å². The highest BCUT2D eigenvalue weighted by Crippen LogP contribution is 2.18. The maximum Gasteiger partial charge on any atom is 0.471 e. The van der Waals surface area contributed by atoms with E-state index in [0.29, 0.717) is 13.0 Å². The Morgan fingerprint density at radius 3 is 2.24 bits per heavy atom. The van der Waals surface area contributed by atoms with Gasteiger partial charge in [0.05, 0.1) is 6.07 Å². The first-order valence-electron chi connectivity index (χ1n) is 10.9. The van der Waals surface area contributed by atoms with Crippen LogP contribution in [0.4, 0.5) is 13.2 Å². The minimum Gasteiger partial charge on any atom is -0.356 e. The van der Waals surface area contributed by atoms with Gasteiger partial charge < -0.3 is 21.3 Å². The minimum absolute atomic E-state index is 0.0759. The van der Waals surface area contributed by atoms with E-state index in [1.165, 1.54) is 13.8 Å². The Kier molecular flexibility index (Phi) is 10.6. The fourth-order valence-corrected chi connectivity index (χ4v) is 3.48. The molecule has 1 aliphatic rings. The van der Waals surface area contributed by atoms with Crippen LogP contribution in [0, 0.1) is 29.1 Å². The number of rotatable bonds is 10. The van der Waals surface area contributed by atoms with Crippen LogP contribution < -0.4 is 21.3 Å². The number of carbonyl (C=O) groups is 4. The van der Waals surface area contributed by atoms with E-state index in [9.17, 15) is 37.6 Å². The van der Waals surface area contributed by atoms with Crippen LogP contribution in [0.3, 0.4) is 0 Å². The topological polar surface area (TPSA) is 140 Å². The second-order valence-electron chi connectivity index (χ2n) is 8.94. The fraction of sp³-hybridized carbons (Fsp3) is 0.762. The Bertz CT molecular complexity index is 764. The number of halogens is 3. The molecule has 9 nitrogen and oxygen atoms in total. The third kappa shape index (κ3) is 9.27. The molecule has 4 amide bonds. The molecule has 4 atom stereocenters. The molecule has 0 bridgehead atoms. The second-order valence-corrected chi connectivity index (χ2v) is 8.94. The predicted molar refractivity (Wildman–Crippen MR) is 112 cm³/mol. The van der Waals surface area contributed by atoms with Gasteiger partial charge in [-0.1, -0.05) is 27.7 Å². The first kappa shape index (κ1) is 28.2. The molecular weight excluding hydrogens is 443 g/mol. The molecule has 33 heavy (non-hydrogen) atoms. The van der Waals surface area contributed by atoms with E-state index in [1.54, 1.807) is 19.2 Å². The molecule has 1 saturated heterocycles. The van der Waals surface area contributed by atoms with Gasteiger partial charge in [0, 0.05) is 12.5 Å². The van der Waals surface area contributed by atoms with Crippen molar-refractivity contribution < 1.29 is 32.3 Å². The molecule has 0 aromatic carbocycles. The highest BCUT2D eigenvalue weighted by molar-refractivity contribution is 5.93. The number of nitrogens with zero attached hydrogens (tertiary/aromatic N) is 1. The van der Waals surface area contributed by atoms with Crippen molar-refractivity contribution in [3.8, 4) is 6.07 Å². The van der Waals surface area contributed by atoms with Crippen LogP contribution in [0.15, 0.2) is 0 Å². The molecular formula is C21H32F3N5O4. The van der Waals surface area contributed by atoms with E-state index in [1.807, 2.05) is 6.07 Å². The SMILES string of the molecule is CC(C)C[C@H](NC(=O)[C@@H](NC(=O)C(F)(F)F)C(C)C)C(=O)N[C@H](C#N)C[C@@H]1CCCNC1=O. The van der Waals surface area contributed by atoms with Crippen molar-refractivity contribution in [1.82, 2.24) is 21.3 Å². The normalized spacial score (nSPS) is 19.2. The summed E-state index contributed by atoms with van der Waals surface area (Å²) in [4.78, 5) is 48.8. The number of nitrogens with one attached hydrogen (secondary N) is 4. The van der Waals surface area contributed by atoms with Crippen molar-refractivity contribution in [2.24, 2.45) is 17.8 Å². The molecule has 0 aromatic heterocycles. The van der Waals surface area contributed by atoms with Crippen LogP contribution in [0.5, 0.6) is 0 Å². The van der Waals surface area contributed by atoms with Crippen molar-refractivity contribution in [3.63, 3.8) is 0 Å². The molecule has 1 fully saturated rings. The summed E-state index contributed by atoms with van der Waals surface area (Å²) in [5.74, 6) is -5.26. The first-order chi connectivity index (χ1) is 15.3. The number of hydrogen-bond acceptors (Lipinski definition) is 5. The van der Waals surface area contributed by atoms with Crippen LogP contribution in [0.25, 0.3) is 0 Å². The molecule has 0 aliphatic carbocycles. The molecule has 1 rings (SSSR count). The highest BCUT2D eigenvalue weighted by atomic mass is 19.4. The summed E-state index contributed by atoms with van der Waals surface area (Å²) in [7, 11) is 0. The largest absolute Gasteiger partial charge is 0.471 e. The average Bonchev–Trinajstić information content (AvgIpc) is 2.70. The van der Waals surface area contributed by atoms with Gasteiger partial charge >= 0.3 is 12.1 Å². The van der Waals surface area contributed by atoms with Crippen LogP contribution in [-0.2, 0) is 19.2 Å². The number of nitriles is 1. The molecule has 1 aliphatic heterocycles. The zero-order valence-corrected chi connectivity index (χ0v) is 19.2. The first-order valence-corrected chi connectivity index (χ1v) is 10.9. The molecule has 1 heterocycles. The van der Waals surface area contributed by atoms with Gasteiger partial charge in [-0.05, 0) is 37.5 Å². The summed E-state index contributed by atoms with van der Waals surface area (Å²) in [5, 5.41) is 18.7.